The highest BCUT2D eigenvalue weighted by atomic mass is 32.2. The number of aliphatic hydroxyl groups is 1. The lowest BCUT2D eigenvalue weighted by atomic mass is 9.90. The van der Waals surface area contributed by atoms with Crippen LogP contribution in [0.1, 0.15) is 22.6 Å². The molecule has 1 unspecified atom stereocenters. The zero-order valence-corrected chi connectivity index (χ0v) is 22.3. The zero-order chi connectivity index (χ0) is 25.9. The summed E-state index contributed by atoms with van der Waals surface area (Å²) in [6.45, 7) is 0. The van der Waals surface area contributed by atoms with Gasteiger partial charge in [0.15, 0.2) is 5.65 Å². The Hall–Kier alpha value is -3.70. The number of rotatable bonds is 5. The monoisotopic (exact) mass is 556 g/mol. The molecule has 4 heterocycles. The minimum absolute atomic E-state index is 0.193. The van der Waals surface area contributed by atoms with E-state index >= 15 is 0 Å². The molecule has 0 bridgehead atoms. The molecule has 188 valence electrons. The molecule has 38 heavy (non-hydrogen) atoms. The fourth-order valence-electron chi connectivity index (χ4n) is 5.04. The molecule has 0 aliphatic heterocycles. The number of aromatic nitrogens is 4. The fraction of sp³-hybridized carbons (Fsp3) is 0.107. The first-order valence-electron chi connectivity index (χ1n) is 11.9. The van der Waals surface area contributed by atoms with Gasteiger partial charge in [0.1, 0.15) is 10.6 Å². The fourth-order valence-corrected chi connectivity index (χ4v) is 8.04. The highest BCUT2D eigenvalue weighted by Gasteiger charge is 2.41. The summed E-state index contributed by atoms with van der Waals surface area (Å²) in [6.07, 6.45) is 4.60. The maximum Gasteiger partial charge on any atom is 0.269 e. The van der Waals surface area contributed by atoms with Crippen molar-refractivity contribution in [3.8, 4) is 21.8 Å². The summed E-state index contributed by atoms with van der Waals surface area (Å²) in [7, 11) is -3.84. The highest BCUT2D eigenvalue weighted by molar-refractivity contribution is 7.90. The number of hydrogen-bond acceptors (Lipinski definition) is 8. The van der Waals surface area contributed by atoms with Crippen LogP contribution >= 0.6 is 22.7 Å². The van der Waals surface area contributed by atoms with Crippen LogP contribution in [0.4, 0.5) is 0 Å². The summed E-state index contributed by atoms with van der Waals surface area (Å²) in [5, 5.41) is 14.9. The lowest BCUT2D eigenvalue weighted by molar-refractivity contribution is 0.0790. The van der Waals surface area contributed by atoms with Crippen LogP contribution in [-0.4, -0.2) is 32.4 Å². The number of nitrogens with zero attached hydrogens (tertiary/aromatic N) is 4. The molecular formula is C28H20N4O3S3. The van der Waals surface area contributed by atoms with Crippen LogP contribution in [0.5, 0.6) is 0 Å². The molecule has 10 heteroatoms. The third kappa shape index (κ3) is 3.56. The van der Waals surface area contributed by atoms with E-state index in [-0.39, 0.29) is 4.90 Å². The van der Waals surface area contributed by atoms with E-state index in [0.717, 1.165) is 33.1 Å². The van der Waals surface area contributed by atoms with Crippen LogP contribution in [0.3, 0.4) is 0 Å². The minimum Gasteiger partial charge on any atom is -0.379 e. The first-order valence-corrected chi connectivity index (χ1v) is 15.1. The smallest absolute Gasteiger partial charge is 0.269 e. The molecule has 7 rings (SSSR count). The average Bonchev–Trinajstić information content (AvgIpc) is 3.74. The van der Waals surface area contributed by atoms with E-state index in [1.54, 1.807) is 65.6 Å². The van der Waals surface area contributed by atoms with Crippen molar-refractivity contribution in [3.05, 3.63) is 106 Å². The molecule has 1 atom stereocenters. The van der Waals surface area contributed by atoms with E-state index in [4.69, 9.17) is 4.98 Å². The van der Waals surface area contributed by atoms with Gasteiger partial charge in [0.2, 0.25) is 0 Å². The number of pyridine rings is 1. The number of benzene rings is 2. The minimum atomic E-state index is -3.84. The molecule has 0 radical (unpaired) electrons. The third-order valence-corrected chi connectivity index (χ3v) is 10.4. The van der Waals surface area contributed by atoms with Gasteiger partial charge in [-0.2, -0.15) is 0 Å². The molecule has 0 fully saturated rings. The molecule has 1 N–H and O–H groups in total. The lowest BCUT2D eigenvalue weighted by Gasteiger charge is -2.23. The lowest BCUT2D eigenvalue weighted by Crippen LogP contribution is -2.24. The summed E-state index contributed by atoms with van der Waals surface area (Å²) in [6, 6.07) is 19.8. The van der Waals surface area contributed by atoms with E-state index in [0.29, 0.717) is 28.7 Å². The van der Waals surface area contributed by atoms with Gasteiger partial charge in [-0.05, 0) is 48.7 Å². The van der Waals surface area contributed by atoms with Gasteiger partial charge >= 0.3 is 0 Å². The Kier molecular flexibility index (Phi) is 5.34. The van der Waals surface area contributed by atoms with Crippen molar-refractivity contribution < 1.29 is 13.5 Å². The highest BCUT2D eigenvalue weighted by Crippen LogP contribution is 2.44. The summed E-state index contributed by atoms with van der Waals surface area (Å²) < 4.78 is 28.1. The molecule has 0 amide bonds. The van der Waals surface area contributed by atoms with Gasteiger partial charge in [-0.25, -0.2) is 27.3 Å². The van der Waals surface area contributed by atoms with E-state index in [1.807, 2.05) is 35.7 Å². The van der Waals surface area contributed by atoms with Gasteiger partial charge in [0.05, 0.1) is 21.8 Å². The molecule has 4 aromatic heterocycles. The standard InChI is InChI=1S/C28H20N4O3S3/c33-28(12-11-24-25(28)30-17-37-24)19-7-4-6-18(14-19)27-31-23(16-36-27)22-15-32(26-21(22)10-5-13-29-26)38(34,35)20-8-2-1-3-9-20/h1-10,13-17,33H,11-12H2. The van der Waals surface area contributed by atoms with E-state index in [2.05, 4.69) is 9.97 Å². The molecule has 6 aromatic rings. The second-order valence-electron chi connectivity index (χ2n) is 9.13. The summed E-state index contributed by atoms with van der Waals surface area (Å²) in [5.41, 5.74) is 4.82. The third-order valence-electron chi connectivity index (χ3n) is 6.95. The molecule has 1 aliphatic carbocycles. The van der Waals surface area contributed by atoms with Gasteiger partial charge in [-0.3, -0.25) is 0 Å². The van der Waals surface area contributed by atoms with Crippen molar-refractivity contribution in [3.63, 3.8) is 0 Å². The maximum atomic E-state index is 13.5. The van der Waals surface area contributed by atoms with Crippen LogP contribution in [-0.2, 0) is 22.0 Å². The zero-order valence-electron chi connectivity index (χ0n) is 19.9. The Labute approximate surface area is 226 Å². The molecule has 1 aliphatic rings. The van der Waals surface area contributed by atoms with Gasteiger partial charge in [-0.1, -0.05) is 36.4 Å². The topological polar surface area (TPSA) is 98.0 Å². The first-order chi connectivity index (χ1) is 18.4. The first kappa shape index (κ1) is 23.4. The maximum absolute atomic E-state index is 13.5. The number of aryl methyl sites for hydroxylation is 1. The van der Waals surface area contributed by atoms with Gasteiger partial charge in [-0.15, -0.1) is 22.7 Å². The van der Waals surface area contributed by atoms with Crippen molar-refractivity contribution in [2.24, 2.45) is 0 Å². The molecule has 7 nitrogen and oxygen atoms in total. The van der Waals surface area contributed by atoms with Crippen molar-refractivity contribution in [1.29, 1.82) is 0 Å². The van der Waals surface area contributed by atoms with Crippen molar-refractivity contribution in [2.45, 2.75) is 23.3 Å². The average molecular weight is 557 g/mol. The molecule has 0 spiro atoms. The molecule has 2 aromatic carbocycles. The number of fused-ring (bicyclic) bond motifs is 2. The SMILES string of the molecule is O=S(=O)(c1ccccc1)n1cc(-c2csc(-c3cccc(C4(O)CCc5scnc54)c3)n2)c2cccnc21. The summed E-state index contributed by atoms with van der Waals surface area (Å²) >= 11 is 3.05. The van der Waals surface area contributed by atoms with Gasteiger partial charge in [0.25, 0.3) is 10.0 Å². The number of hydrogen-bond donors (Lipinski definition) is 1. The Bertz CT molecular complexity index is 1930. The van der Waals surface area contributed by atoms with Crippen LogP contribution in [0.2, 0.25) is 0 Å². The predicted octanol–water partition coefficient (Wildman–Crippen LogP) is 5.70. The molecular weight excluding hydrogens is 537 g/mol. The van der Waals surface area contributed by atoms with Crippen molar-refractivity contribution in [1.82, 2.24) is 18.9 Å². The quantitative estimate of drug-likeness (QED) is 0.292. The van der Waals surface area contributed by atoms with E-state index in [1.165, 1.54) is 15.3 Å². The summed E-state index contributed by atoms with van der Waals surface area (Å²) in [4.78, 5) is 15.0. The second kappa shape index (κ2) is 8.67. The van der Waals surface area contributed by atoms with Crippen molar-refractivity contribution >= 4 is 43.7 Å². The van der Waals surface area contributed by atoms with Crippen LogP contribution in [0.15, 0.2) is 94.9 Å². The van der Waals surface area contributed by atoms with Crippen LogP contribution in [0, 0.1) is 0 Å². The second-order valence-corrected chi connectivity index (χ2v) is 12.7. The Morgan fingerprint density at radius 3 is 2.71 bits per heavy atom. The predicted molar refractivity (Wildman–Crippen MR) is 149 cm³/mol. The van der Waals surface area contributed by atoms with Crippen LogP contribution in [0.25, 0.3) is 32.9 Å². The Balaban J connectivity index is 1.30. The summed E-state index contributed by atoms with van der Waals surface area (Å²) in [5.74, 6) is 0. The van der Waals surface area contributed by atoms with E-state index < -0.39 is 15.6 Å². The number of thiazole rings is 2. The van der Waals surface area contributed by atoms with Gasteiger partial charge < -0.3 is 5.11 Å². The molecule has 0 saturated heterocycles. The van der Waals surface area contributed by atoms with Gasteiger partial charge in [0, 0.05) is 39.2 Å². The largest absolute Gasteiger partial charge is 0.379 e. The Morgan fingerprint density at radius 2 is 1.84 bits per heavy atom. The van der Waals surface area contributed by atoms with E-state index in [9.17, 15) is 13.5 Å². The normalized spacial score (nSPS) is 17.2. The van der Waals surface area contributed by atoms with Crippen molar-refractivity contribution in [2.75, 3.05) is 0 Å². The molecule has 0 saturated carbocycles. The van der Waals surface area contributed by atoms with Crippen LogP contribution < -0.4 is 0 Å². The Morgan fingerprint density at radius 1 is 0.974 bits per heavy atom.